The Morgan fingerprint density at radius 2 is 1.53 bits per heavy atom. The molecule has 104 valence electrons. The van der Waals surface area contributed by atoms with Crippen LogP contribution in [0, 0.1) is 13.8 Å². The Balaban J connectivity index is 2.25. The van der Waals surface area contributed by atoms with Crippen molar-refractivity contribution in [2.45, 2.75) is 64.3 Å². The molecule has 2 heteroatoms. The summed E-state index contributed by atoms with van der Waals surface area (Å²) in [6.45, 7) is 4.47. The molecule has 2 aliphatic rings. The first-order valence-electron chi connectivity index (χ1n) is 7.57. The van der Waals surface area contributed by atoms with Gasteiger partial charge >= 0.3 is 0 Å². The fraction of sp³-hybridized carbons (Fsp3) is 0.647. The van der Waals surface area contributed by atoms with E-state index in [9.17, 15) is 0 Å². The minimum absolute atomic E-state index is 0.132. The van der Waals surface area contributed by atoms with Crippen LogP contribution in [0.25, 0.3) is 0 Å². The Hall–Kier alpha value is -1.02. The van der Waals surface area contributed by atoms with E-state index in [0.717, 1.165) is 18.6 Å². The van der Waals surface area contributed by atoms with Crippen molar-refractivity contribution in [2.24, 2.45) is 5.73 Å². The Kier molecular flexibility index (Phi) is 3.09. The highest BCUT2D eigenvalue weighted by atomic mass is 16.5. The van der Waals surface area contributed by atoms with Crippen molar-refractivity contribution in [1.29, 1.82) is 0 Å². The van der Waals surface area contributed by atoms with Gasteiger partial charge in [-0.3, -0.25) is 0 Å². The van der Waals surface area contributed by atoms with Gasteiger partial charge in [0, 0.05) is 11.1 Å². The topological polar surface area (TPSA) is 35.2 Å². The smallest absolute Gasteiger partial charge is 0.127 e. The third kappa shape index (κ3) is 1.80. The van der Waals surface area contributed by atoms with Gasteiger partial charge in [-0.15, -0.1) is 0 Å². The van der Waals surface area contributed by atoms with Crippen molar-refractivity contribution in [3.63, 3.8) is 0 Å². The highest BCUT2D eigenvalue weighted by Crippen LogP contribution is 2.48. The summed E-state index contributed by atoms with van der Waals surface area (Å²) in [4.78, 5) is 0. The summed E-state index contributed by atoms with van der Waals surface area (Å²) in [6.07, 6.45) is 8.49. The van der Waals surface area contributed by atoms with E-state index in [1.807, 2.05) is 0 Å². The van der Waals surface area contributed by atoms with Crippen LogP contribution in [0.3, 0.4) is 0 Å². The monoisotopic (exact) mass is 259 g/mol. The molecular formula is C17H25NO. The van der Waals surface area contributed by atoms with Crippen molar-refractivity contribution >= 4 is 0 Å². The number of nitrogens with two attached hydrogens (primary N) is 1. The van der Waals surface area contributed by atoms with Crippen LogP contribution in [0.4, 0.5) is 0 Å². The SMILES string of the molecule is COc1c(C)c2c(c(C)c1C1(N)CCC1)CCCC2. The van der Waals surface area contributed by atoms with E-state index in [1.54, 1.807) is 12.7 Å². The molecule has 0 heterocycles. The molecule has 19 heavy (non-hydrogen) atoms. The zero-order valence-electron chi connectivity index (χ0n) is 12.4. The van der Waals surface area contributed by atoms with Crippen LogP contribution < -0.4 is 10.5 Å². The third-order valence-electron chi connectivity index (χ3n) is 5.26. The molecule has 0 unspecified atom stereocenters. The minimum Gasteiger partial charge on any atom is -0.496 e. The molecule has 1 fully saturated rings. The molecule has 1 saturated carbocycles. The van der Waals surface area contributed by atoms with Crippen LogP contribution >= 0.6 is 0 Å². The Morgan fingerprint density at radius 3 is 2.00 bits per heavy atom. The van der Waals surface area contributed by atoms with Gasteiger partial charge in [0.05, 0.1) is 7.11 Å². The lowest BCUT2D eigenvalue weighted by atomic mass is 9.68. The van der Waals surface area contributed by atoms with E-state index in [4.69, 9.17) is 10.5 Å². The van der Waals surface area contributed by atoms with E-state index in [2.05, 4.69) is 13.8 Å². The van der Waals surface area contributed by atoms with Gasteiger partial charge in [-0.1, -0.05) is 0 Å². The Bertz CT molecular complexity index is 515. The largest absolute Gasteiger partial charge is 0.496 e. The maximum atomic E-state index is 6.62. The van der Waals surface area contributed by atoms with E-state index in [1.165, 1.54) is 54.4 Å². The first-order valence-corrected chi connectivity index (χ1v) is 7.57. The van der Waals surface area contributed by atoms with Crippen LogP contribution in [0.1, 0.15) is 59.9 Å². The van der Waals surface area contributed by atoms with Crippen LogP contribution in [-0.4, -0.2) is 7.11 Å². The third-order valence-corrected chi connectivity index (χ3v) is 5.26. The van der Waals surface area contributed by atoms with Crippen LogP contribution in [0.15, 0.2) is 0 Å². The lowest BCUT2D eigenvalue weighted by Gasteiger charge is -2.42. The van der Waals surface area contributed by atoms with Crippen molar-refractivity contribution in [1.82, 2.24) is 0 Å². The average molecular weight is 259 g/mol. The molecule has 0 aromatic heterocycles. The highest BCUT2D eigenvalue weighted by Gasteiger charge is 2.40. The van der Waals surface area contributed by atoms with Gasteiger partial charge < -0.3 is 10.5 Å². The summed E-state index contributed by atoms with van der Waals surface area (Å²) in [5.74, 6) is 1.07. The Morgan fingerprint density at radius 1 is 0.947 bits per heavy atom. The van der Waals surface area contributed by atoms with E-state index in [-0.39, 0.29) is 5.54 Å². The van der Waals surface area contributed by atoms with Crippen molar-refractivity contribution in [3.8, 4) is 5.75 Å². The van der Waals surface area contributed by atoms with Crippen molar-refractivity contribution < 1.29 is 4.74 Å². The average Bonchev–Trinajstić information content (AvgIpc) is 2.40. The van der Waals surface area contributed by atoms with Crippen molar-refractivity contribution in [3.05, 3.63) is 27.8 Å². The number of methoxy groups -OCH3 is 1. The van der Waals surface area contributed by atoms with Crippen LogP contribution in [0.5, 0.6) is 5.75 Å². The predicted octanol–water partition coefficient (Wildman–Crippen LogP) is 3.53. The molecule has 0 bridgehead atoms. The molecule has 2 N–H and O–H groups in total. The molecule has 0 saturated heterocycles. The standard InChI is InChI=1S/C17H25NO/c1-11-13-7-4-5-8-14(13)12(2)16(19-3)15(11)17(18)9-6-10-17/h4-10,18H2,1-3H3. The summed E-state index contributed by atoms with van der Waals surface area (Å²) in [6, 6.07) is 0. The molecule has 0 atom stereocenters. The lowest BCUT2D eigenvalue weighted by Crippen LogP contribution is -2.44. The van der Waals surface area contributed by atoms with Gasteiger partial charge in [-0.2, -0.15) is 0 Å². The lowest BCUT2D eigenvalue weighted by molar-refractivity contribution is 0.241. The maximum Gasteiger partial charge on any atom is 0.127 e. The summed E-state index contributed by atoms with van der Waals surface area (Å²) in [7, 11) is 1.79. The summed E-state index contributed by atoms with van der Waals surface area (Å²) >= 11 is 0. The van der Waals surface area contributed by atoms with Crippen LogP contribution in [0.2, 0.25) is 0 Å². The number of benzene rings is 1. The number of fused-ring (bicyclic) bond motifs is 1. The van der Waals surface area contributed by atoms with Crippen LogP contribution in [-0.2, 0) is 18.4 Å². The molecule has 1 aromatic carbocycles. The second-order valence-electron chi connectivity index (χ2n) is 6.33. The molecule has 3 rings (SSSR count). The molecule has 2 nitrogen and oxygen atoms in total. The zero-order valence-corrected chi connectivity index (χ0v) is 12.4. The minimum atomic E-state index is -0.132. The molecule has 0 aliphatic heterocycles. The second-order valence-corrected chi connectivity index (χ2v) is 6.33. The number of hydrogen-bond donors (Lipinski definition) is 1. The van der Waals surface area contributed by atoms with Gasteiger partial charge in [-0.05, 0) is 81.0 Å². The number of ether oxygens (including phenoxy) is 1. The summed E-state index contributed by atoms with van der Waals surface area (Å²) < 4.78 is 5.77. The van der Waals surface area contributed by atoms with E-state index >= 15 is 0 Å². The van der Waals surface area contributed by atoms with E-state index < -0.39 is 0 Å². The summed E-state index contributed by atoms with van der Waals surface area (Å²) in [5.41, 5.74) is 13.7. The first kappa shape index (κ1) is 13.0. The maximum absolute atomic E-state index is 6.62. The van der Waals surface area contributed by atoms with Gasteiger partial charge in [0.25, 0.3) is 0 Å². The Labute approximate surface area is 116 Å². The molecule has 0 radical (unpaired) electrons. The fourth-order valence-corrected chi connectivity index (χ4v) is 4.04. The van der Waals surface area contributed by atoms with Gasteiger partial charge in [0.15, 0.2) is 0 Å². The first-order chi connectivity index (χ1) is 9.08. The van der Waals surface area contributed by atoms with E-state index in [0.29, 0.717) is 0 Å². The summed E-state index contributed by atoms with van der Waals surface area (Å²) in [5, 5.41) is 0. The van der Waals surface area contributed by atoms with Gasteiger partial charge in [0.2, 0.25) is 0 Å². The second kappa shape index (κ2) is 4.52. The normalized spacial score (nSPS) is 20.6. The molecule has 1 aromatic rings. The molecule has 2 aliphatic carbocycles. The predicted molar refractivity (Wildman–Crippen MR) is 78.8 cm³/mol. The van der Waals surface area contributed by atoms with Crippen molar-refractivity contribution in [2.75, 3.05) is 7.11 Å². The fourth-order valence-electron chi connectivity index (χ4n) is 4.04. The number of rotatable bonds is 2. The van der Waals surface area contributed by atoms with Gasteiger partial charge in [0.1, 0.15) is 5.75 Å². The molecule has 0 spiro atoms. The van der Waals surface area contributed by atoms with Gasteiger partial charge in [-0.25, -0.2) is 0 Å². The molecule has 0 amide bonds. The highest BCUT2D eigenvalue weighted by molar-refractivity contribution is 5.58. The zero-order chi connectivity index (χ0) is 13.6. The number of hydrogen-bond acceptors (Lipinski definition) is 2. The quantitative estimate of drug-likeness (QED) is 0.882. The molecular weight excluding hydrogens is 234 g/mol.